The molecule has 0 amide bonds. The van der Waals surface area contributed by atoms with Gasteiger partial charge in [0.15, 0.2) is 5.65 Å². The zero-order valence-electron chi connectivity index (χ0n) is 34.1. The van der Waals surface area contributed by atoms with Gasteiger partial charge in [0.1, 0.15) is 16.9 Å². The number of fused-ring (bicyclic) bond motifs is 5. The molecule has 64 heavy (non-hydrogen) atoms. The van der Waals surface area contributed by atoms with Gasteiger partial charge in [-0.1, -0.05) is 23.0 Å². The number of rotatable bonds is 9. The second-order valence-corrected chi connectivity index (χ2v) is 13.3. The summed E-state index contributed by atoms with van der Waals surface area (Å²) < 4.78 is 18.0. The minimum Gasteiger partial charge on any atom is -0.497 e. The Bertz CT molecular complexity index is 3150. The van der Waals surface area contributed by atoms with Crippen LogP contribution in [-0.2, 0) is 33.5 Å². The number of nitrogens with zero attached hydrogens (tertiary/aromatic N) is 9. The zero-order valence-corrected chi connectivity index (χ0v) is 35.8. The van der Waals surface area contributed by atoms with Crippen LogP contribution in [0.2, 0.25) is 0 Å². The molecule has 1 aromatic carbocycles. The Morgan fingerprint density at radius 3 is 2.11 bits per heavy atom. The van der Waals surface area contributed by atoms with Crippen molar-refractivity contribution in [1.29, 1.82) is 5.53 Å². The molecule has 1 fully saturated rings. The molecule has 0 aliphatic carbocycles. The van der Waals surface area contributed by atoms with Crippen LogP contribution >= 0.6 is 24.2 Å². The lowest BCUT2D eigenvalue weighted by molar-refractivity contribution is -0.478. The maximum absolute atomic E-state index is 13.3. The molecule has 0 spiro atoms. The molecule has 1 unspecified atom stereocenters. The summed E-state index contributed by atoms with van der Waals surface area (Å²) in [7, 11) is 1.65. The van der Waals surface area contributed by atoms with Crippen molar-refractivity contribution in [3.63, 3.8) is 0 Å². The van der Waals surface area contributed by atoms with Crippen molar-refractivity contribution < 1.29 is 38.3 Å². The maximum Gasteiger partial charge on any atom is 0.352 e. The minimum atomic E-state index is -0.153. The number of hydrogen-bond acceptors (Lipinski definition) is 13. The first-order chi connectivity index (χ1) is 31.5. The fraction of sp³-hybridized carbons (Fsp3) is 0.239. The summed E-state index contributed by atoms with van der Waals surface area (Å²) >= 11 is 4.88. The number of hydrogen-bond donors (Lipinski definition) is 3. The number of thiophene rings is 1. The van der Waals surface area contributed by atoms with E-state index >= 15 is 0 Å². The summed E-state index contributed by atoms with van der Waals surface area (Å²) in [6.45, 7) is 6.95. The lowest BCUT2D eigenvalue weighted by Crippen LogP contribution is -2.34. The molecule has 3 aromatic heterocycles. The molecule has 4 aromatic rings. The van der Waals surface area contributed by atoms with Gasteiger partial charge in [0, 0.05) is 92.5 Å². The van der Waals surface area contributed by atoms with Gasteiger partial charge < -0.3 is 9.47 Å². The van der Waals surface area contributed by atoms with Gasteiger partial charge >= 0.3 is 5.69 Å². The van der Waals surface area contributed by atoms with Gasteiger partial charge in [0.25, 0.3) is 0 Å². The van der Waals surface area contributed by atoms with E-state index in [1.807, 2.05) is 28.8 Å². The molecule has 6 rings (SSSR count). The maximum atomic E-state index is 13.3. The number of benzene rings is 1. The summed E-state index contributed by atoms with van der Waals surface area (Å²) in [5.41, 5.74) is 8.95. The lowest BCUT2D eigenvalue weighted by atomic mass is 10.0. The molecule has 1 atom stereocenters. The summed E-state index contributed by atoms with van der Waals surface area (Å²) in [5, 5.41) is 21.1. The molecule has 334 valence electrons. The Kier molecular flexibility index (Phi) is 21.3. The van der Waals surface area contributed by atoms with E-state index in [2.05, 4.69) is 177 Å². The fourth-order valence-corrected chi connectivity index (χ4v) is 7.09. The molecule has 1 saturated heterocycles. The molecule has 5 heterocycles. The number of terminal acetylenes is 1. The first kappa shape index (κ1) is 48.3. The van der Waals surface area contributed by atoms with Gasteiger partial charge in [-0.3, -0.25) is 9.47 Å². The van der Waals surface area contributed by atoms with Crippen LogP contribution in [0.3, 0.4) is 0 Å². The Morgan fingerprint density at radius 1 is 0.984 bits per heavy atom. The lowest BCUT2D eigenvalue weighted by Gasteiger charge is -2.28. The average Bonchev–Trinajstić information content (AvgIpc) is 4.11. The van der Waals surface area contributed by atoms with E-state index in [1.165, 1.54) is 21.3 Å². The number of ether oxygens (including phenoxy) is 2. The second kappa shape index (κ2) is 28.2. The van der Waals surface area contributed by atoms with Crippen LogP contribution in [-0.4, -0.2) is 68.1 Å². The molecule has 0 bridgehead atoms. The number of methoxy groups -OCH3 is 1. The normalized spacial score (nSPS) is 12.3. The van der Waals surface area contributed by atoms with Gasteiger partial charge in [-0.25, -0.2) is 15.0 Å². The monoisotopic (exact) mass is 904 g/mol. The molecule has 16 nitrogen and oxygen atoms in total. The van der Waals surface area contributed by atoms with Crippen LogP contribution in [0.25, 0.3) is 15.9 Å². The molecule has 0 radical (unpaired) electrons. The van der Waals surface area contributed by atoms with Crippen LogP contribution < -0.4 is 10.4 Å². The first-order valence-electron chi connectivity index (χ1n) is 18.4. The molecule has 0 saturated carbocycles. The summed E-state index contributed by atoms with van der Waals surface area (Å²) in [6, 6.07) is 7.86. The van der Waals surface area contributed by atoms with E-state index < -0.39 is 0 Å². The third kappa shape index (κ3) is 15.6. The molecule has 2 aliphatic rings. The van der Waals surface area contributed by atoms with Gasteiger partial charge in [-0.05, 0) is 154 Å². The van der Waals surface area contributed by atoms with E-state index in [0.29, 0.717) is 18.1 Å². The quantitative estimate of drug-likeness (QED) is 0.0422. The van der Waals surface area contributed by atoms with Crippen molar-refractivity contribution in [3.05, 3.63) is 57.1 Å². The molecule has 2 aliphatic heterocycles. The molecule has 2 N–H and O–H groups in total. The topological polar surface area (TPSA) is 177 Å². The minimum absolute atomic E-state index is 0. The number of aromatic nitrogens is 4. The van der Waals surface area contributed by atoms with Crippen molar-refractivity contribution in [2.24, 2.45) is 21.6 Å². The largest absolute Gasteiger partial charge is 0.497 e. The number of nitrogens with one attached hydrogen (secondary N) is 1. The molecular formula is C46H52N10O6S2. The molecule has 18 heteroatoms. The third-order valence-electron chi connectivity index (χ3n) is 8.21. The van der Waals surface area contributed by atoms with Gasteiger partial charge in [-0.2, -0.15) is 19.4 Å². The Balaban J connectivity index is -0.000000192. The Labute approximate surface area is 393 Å². The first-order valence-corrected chi connectivity index (χ1v) is 19.5. The van der Waals surface area contributed by atoms with Crippen molar-refractivity contribution in [1.82, 2.24) is 29.4 Å². The second-order valence-electron chi connectivity index (χ2n) is 12.1. The van der Waals surface area contributed by atoms with E-state index in [4.69, 9.17) is 26.7 Å². The zero-order chi connectivity index (χ0) is 45.6. The fourth-order valence-electron chi connectivity index (χ4n) is 5.65. The highest BCUT2D eigenvalue weighted by Gasteiger charge is 2.28. The van der Waals surface area contributed by atoms with Gasteiger partial charge in [0.05, 0.1) is 25.6 Å². The van der Waals surface area contributed by atoms with Crippen LogP contribution in [0.15, 0.2) is 51.1 Å². The summed E-state index contributed by atoms with van der Waals surface area (Å²) in [4.78, 5) is 26.0. The van der Waals surface area contributed by atoms with Crippen LogP contribution in [0.5, 0.6) is 5.75 Å². The van der Waals surface area contributed by atoms with Crippen molar-refractivity contribution in [2.45, 2.75) is 32.9 Å². The predicted octanol–water partition coefficient (Wildman–Crippen LogP) is 6.47. The Morgan fingerprint density at radius 2 is 1.59 bits per heavy atom. The van der Waals surface area contributed by atoms with Crippen molar-refractivity contribution in [3.8, 4) is 137 Å². The summed E-state index contributed by atoms with van der Waals surface area (Å²) in [6.07, 6.45) is 8.50. The molecular weight excluding hydrogens is 853 g/mol. The highest BCUT2D eigenvalue weighted by molar-refractivity contribution is 7.75. The number of thiol groups is 1. The van der Waals surface area contributed by atoms with E-state index in [-0.39, 0.29) is 25.3 Å². The average molecular weight is 905 g/mol. The summed E-state index contributed by atoms with van der Waals surface area (Å²) in [5.74, 6) is 53.3. The van der Waals surface area contributed by atoms with Gasteiger partial charge in [-0.15, -0.1) is 17.8 Å². The van der Waals surface area contributed by atoms with Crippen molar-refractivity contribution >= 4 is 40.1 Å². The smallest absolute Gasteiger partial charge is 0.352 e. The SMILES string of the molecule is C#CC#CC#CC#CC#CC#CC#CC#CC#CC#CC#CC.COc1ccc(Cn2c(=O)n3ncnc3c3c4c(sc32)CN(CC2CCOC2)CC4)cc1.N=N/N=N/N(OO)OS.[HH].[HH].[HH].[HH].[HH].[HH].[HH].[HH].[HH].[HH]. The van der Waals surface area contributed by atoms with Crippen LogP contribution in [0, 0.1) is 142 Å². The Hall–Kier alpha value is -8.36. The van der Waals surface area contributed by atoms with Crippen molar-refractivity contribution in [2.75, 3.05) is 33.4 Å². The highest BCUT2D eigenvalue weighted by atomic mass is 32.1. The standard InChI is InChI=1S/C23H25N5O3S.C23H4.H3N5O3S.10H2/c1-30-17-4-2-15(3-5-17)11-27-22-20(21-24-14-25-28(21)23(27)29)18-6-8-26(12-19(18)32-22)10-16-7-9-31-13-16;1-3-5-7-9-11-13-15-17-19-21-23-22-20-18-16-14-12-10-8-6-4-2;1-2-3-4-5(7-6)8-9;;;;;;;;;;/h2-5,14,16H,6-13H2,1H3;1H,2H3;1,6,9H;10*1H/b;;2-1?,4-3+;;;;;;;;;;. The van der Waals surface area contributed by atoms with Crippen LogP contribution in [0.1, 0.15) is 43.6 Å². The highest BCUT2D eigenvalue weighted by Crippen LogP contribution is 2.37. The van der Waals surface area contributed by atoms with E-state index in [1.54, 1.807) is 25.4 Å². The van der Waals surface area contributed by atoms with E-state index in [9.17, 15) is 4.79 Å². The van der Waals surface area contributed by atoms with Crippen LogP contribution in [0.4, 0.5) is 0 Å². The van der Waals surface area contributed by atoms with E-state index in [0.717, 1.165) is 67.2 Å². The third-order valence-corrected chi connectivity index (χ3v) is 9.59. The van der Waals surface area contributed by atoms with Gasteiger partial charge in [0.2, 0.25) is 0 Å². The predicted molar refractivity (Wildman–Crippen MR) is 262 cm³/mol.